The van der Waals surface area contributed by atoms with Crippen LogP contribution in [0, 0.1) is 0 Å². The van der Waals surface area contributed by atoms with Crippen molar-refractivity contribution in [3.63, 3.8) is 0 Å². The van der Waals surface area contributed by atoms with Gasteiger partial charge in [-0.1, -0.05) is 24.3 Å². The van der Waals surface area contributed by atoms with Gasteiger partial charge in [-0.15, -0.1) is 0 Å². The third-order valence-electron chi connectivity index (χ3n) is 6.00. The molecule has 0 spiro atoms. The highest BCUT2D eigenvalue weighted by Crippen LogP contribution is 2.30. The van der Waals surface area contributed by atoms with Gasteiger partial charge in [0.1, 0.15) is 18.4 Å². The molecule has 3 aliphatic rings. The molecule has 3 amide bonds. The molecule has 2 aromatic rings. The molecule has 160 valence electrons. The molecule has 0 aromatic heterocycles. The van der Waals surface area contributed by atoms with Gasteiger partial charge in [0, 0.05) is 38.2 Å². The van der Waals surface area contributed by atoms with Gasteiger partial charge < -0.3 is 20.3 Å². The summed E-state index contributed by atoms with van der Waals surface area (Å²) in [4.78, 5) is 38.4. The van der Waals surface area contributed by atoms with Gasteiger partial charge in [0.25, 0.3) is 5.91 Å². The number of nitrogens with one attached hydrogen (secondary N) is 3. The van der Waals surface area contributed by atoms with Gasteiger partial charge in [0.2, 0.25) is 11.8 Å². The summed E-state index contributed by atoms with van der Waals surface area (Å²) < 4.78 is 5.69. The molecule has 1 saturated heterocycles. The van der Waals surface area contributed by atoms with Crippen LogP contribution in [0.2, 0.25) is 0 Å². The van der Waals surface area contributed by atoms with Gasteiger partial charge in [-0.2, -0.15) is 0 Å². The van der Waals surface area contributed by atoms with Crippen molar-refractivity contribution in [1.29, 1.82) is 0 Å². The first-order valence-electron chi connectivity index (χ1n) is 10.6. The molecular weight excluding hydrogens is 396 g/mol. The molecule has 3 heterocycles. The maximum absolute atomic E-state index is 13.1. The number of piperidine rings is 1. The molecule has 0 aliphatic carbocycles. The first-order chi connectivity index (χ1) is 15.1. The number of ether oxygens (including phenoxy) is 1. The lowest BCUT2D eigenvalue weighted by atomic mass is 10.0. The van der Waals surface area contributed by atoms with Gasteiger partial charge in [0.05, 0.1) is 5.69 Å². The number of carbonyl (C=O) groups excluding carboxylic acids is 3. The van der Waals surface area contributed by atoms with Crippen LogP contribution in [0.15, 0.2) is 36.4 Å². The minimum atomic E-state index is -0.595. The molecule has 1 fully saturated rings. The van der Waals surface area contributed by atoms with Crippen molar-refractivity contribution < 1.29 is 19.1 Å². The van der Waals surface area contributed by atoms with E-state index >= 15 is 0 Å². The van der Waals surface area contributed by atoms with E-state index in [4.69, 9.17) is 4.74 Å². The summed E-state index contributed by atoms with van der Waals surface area (Å²) in [6.45, 7) is 3.04. The highest BCUT2D eigenvalue weighted by Gasteiger charge is 2.39. The number of amides is 3. The number of anilines is 1. The van der Waals surface area contributed by atoms with Crippen molar-refractivity contribution in [3.05, 3.63) is 58.7 Å². The summed E-state index contributed by atoms with van der Waals surface area (Å²) in [5.74, 6) is 0.0521. The molecule has 1 unspecified atom stereocenters. The number of nitrogens with zero attached hydrogens (tertiary/aromatic N) is 1. The standard InChI is InChI=1S/C23H24N4O4/c28-20-7-6-18(22(29)26-20)27-13-16-3-1-2-15(21(16)23(27)30)12-24-11-14-4-5-17-19(10-14)31-9-8-25-17/h1-5,10,18,24-25H,6-9,11-13H2,(H,26,28,29). The Bertz CT molecular complexity index is 1070. The molecule has 31 heavy (non-hydrogen) atoms. The molecule has 8 nitrogen and oxygen atoms in total. The first kappa shape index (κ1) is 19.6. The van der Waals surface area contributed by atoms with Gasteiger partial charge >= 0.3 is 0 Å². The lowest BCUT2D eigenvalue weighted by Gasteiger charge is -2.29. The Morgan fingerprint density at radius 3 is 2.90 bits per heavy atom. The fourth-order valence-corrected chi connectivity index (χ4v) is 4.47. The van der Waals surface area contributed by atoms with E-state index < -0.39 is 6.04 Å². The molecule has 2 aromatic carbocycles. The third-order valence-corrected chi connectivity index (χ3v) is 6.00. The minimum absolute atomic E-state index is 0.143. The maximum Gasteiger partial charge on any atom is 0.255 e. The molecule has 8 heteroatoms. The number of carbonyl (C=O) groups is 3. The molecular formula is C23H24N4O4. The Balaban J connectivity index is 1.27. The number of hydrogen-bond donors (Lipinski definition) is 3. The Hall–Kier alpha value is -3.39. The summed E-state index contributed by atoms with van der Waals surface area (Å²) in [6, 6.07) is 11.3. The monoisotopic (exact) mass is 420 g/mol. The quantitative estimate of drug-likeness (QED) is 0.635. The molecule has 3 aliphatic heterocycles. The van der Waals surface area contributed by atoms with Crippen molar-refractivity contribution in [1.82, 2.24) is 15.5 Å². The topological polar surface area (TPSA) is 99.8 Å². The zero-order chi connectivity index (χ0) is 21.4. The van der Waals surface area contributed by atoms with E-state index in [0.717, 1.165) is 34.7 Å². The summed E-state index contributed by atoms with van der Waals surface area (Å²) >= 11 is 0. The van der Waals surface area contributed by atoms with E-state index in [2.05, 4.69) is 22.0 Å². The molecule has 0 radical (unpaired) electrons. The Morgan fingerprint density at radius 1 is 1.13 bits per heavy atom. The lowest BCUT2D eigenvalue weighted by molar-refractivity contribution is -0.136. The summed E-state index contributed by atoms with van der Waals surface area (Å²) in [5, 5.41) is 9.06. The van der Waals surface area contributed by atoms with E-state index in [1.165, 1.54) is 0 Å². The van der Waals surface area contributed by atoms with Crippen LogP contribution in [-0.4, -0.2) is 41.8 Å². The van der Waals surface area contributed by atoms with E-state index in [-0.39, 0.29) is 24.1 Å². The minimum Gasteiger partial charge on any atom is -0.490 e. The van der Waals surface area contributed by atoms with Crippen LogP contribution in [0.1, 0.15) is 39.9 Å². The van der Waals surface area contributed by atoms with Crippen molar-refractivity contribution in [2.24, 2.45) is 0 Å². The molecule has 0 saturated carbocycles. The lowest BCUT2D eigenvalue weighted by Crippen LogP contribution is -2.52. The molecule has 1 atom stereocenters. The SMILES string of the molecule is O=C1CCC(N2Cc3cccc(CNCc4ccc5c(c4)OCCN5)c3C2=O)C(=O)N1. The summed E-state index contributed by atoms with van der Waals surface area (Å²) in [7, 11) is 0. The van der Waals surface area contributed by atoms with Crippen LogP contribution in [-0.2, 0) is 29.2 Å². The van der Waals surface area contributed by atoms with Crippen molar-refractivity contribution in [2.45, 2.75) is 38.5 Å². The van der Waals surface area contributed by atoms with Gasteiger partial charge in [0.15, 0.2) is 0 Å². The normalized spacial score (nSPS) is 19.9. The van der Waals surface area contributed by atoms with Crippen LogP contribution in [0.25, 0.3) is 0 Å². The van der Waals surface area contributed by atoms with Gasteiger partial charge in [-0.05, 0) is 35.2 Å². The number of benzene rings is 2. The maximum atomic E-state index is 13.1. The average Bonchev–Trinajstić information content (AvgIpc) is 3.11. The van der Waals surface area contributed by atoms with Gasteiger partial charge in [-0.3, -0.25) is 19.7 Å². The fraction of sp³-hybridized carbons (Fsp3) is 0.348. The smallest absolute Gasteiger partial charge is 0.255 e. The van der Waals surface area contributed by atoms with E-state index in [0.29, 0.717) is 38.2 Å². The summed E-state index contributed by atoms with van der Waals surface area (Å²) in [5.41, 5.74) is 4.61. The highest BCUT2D eigenvalue weighted by molar-refractivity contribution is 6.06. The first-order valence-corrected chi connectivity index (χ1v) is 10.6. The number of rotatable bonds is 5. The van der Waals surface area contributed by atoms with Crippen molar-refractivity contribution >= 4 is 23.4 Å². The van der Waals surface area contributed by atoms with Crippen LogP contribution in [0.4, 0.5) is 5.69 Å². The van der Waals surface area contributed by atoms with E-state index in [9.17, 15) is 14.4 Å². The highest BCUT2D eigenvalue weighted by atomic mass is 16.5. The van der Waals surface area contributed by atoms with E-state index in [1.807, 2.05) is 30.3 Å². The Morgan fingerprint density at radius 2 is 2.03 bits per heavy atom. The van der Waals surface area contributed by atoms with Crippen LogP contribution < -0.4 is 20.7 Å². The number of hydrogen-bond acceptors (Lipinski definition) is 6. The Labute approximate surface area is 179 Å². The largest absolute Gasteiger partial charge is 0.490 e. The second-order valence-electron chi connectivity index (χ2n) is 8.06. The molecule has 3 N–H and O–H groups in total. The van der Waals surface area contributed by atoms with Crippen LogP contribution in [0.5, 0.6) is 5.75 Å². The Kier molecular flexibility index (Phi) is 5.07. The van der Waals surface area contributed by atoms with Crippen LogP contribution in [0.3, 0.4) is 0 Å². The zero-order valence-corrected chi connectivity index (χ0v) is 17.1. The fourth-order valence-electron chi connectivity index (χ4n) is 4.47. The molecule has 5 rings (SSSR count). The predicted octanol–water partition coefficient (Wildman–Crippen LogP) is 1.54. The molecule has 0 bridgehead atoms. The number of imide groups is 1. The second kappa shape index (κ2) is 8.03. The number of fused-ring (bicyclic) bond motifs is 2. The van der Waals surface area contributed by atoms with Gasteiger partial charge in [-0.25, -0.2) is 0 Å². The summed E-state index contributed by atoms with van der Waals surface area (Å²) in [6.07, 6.45) is 0.623. The second-order valence-corrected chi connectivity index (χ2v) is 8.06. The van der Waals surface area contributed by atoms with Crippen molar-refractivity contribution in [2.75, 3.05) is 18.5 Å². The third kappa shape index (κ3) is 3.74. The predicted molar refractivity (Wildman–Crippen MR) is 113 cm³/mol. The average molecular weight is 420 g/mol. The van der Waals surface area contributed by atoms with Crippen LogP contribution >= 0.6 is 0 Å². The zero-order valence-electron chi connectivity index (χ0n) is 17.1. The van der Waals surface area contributed by atoms with E-state index in [1.54, 1.807) is 4.90 Å². The van der Waals surface area contributed by atoms with Crippen molar-refractivity contribution in [3.8, 4) is 5.75 Å².